The van der Waals surface area contributed by atoms with Crippen LogP contribution in [-0.2, 0) is 12.0 Å². The number of fused-ring (bicyclic) bond motifs is 1. The summed E-state index contributed by atoms with van der Waals surface area (Å²) < 4.78 is 11.2. The molecule has 0 unspecified atom stereocenters. The Balaban J connectivity index is 0.00000243. The molecule has 1 aliphatic heterocycles. The Labute approximate surface area is 160 Å². The molecule has 0 bridgehead atoms. The van der Waals surface area contributed by atoms with Gasteiger partial charge in [0.2, 0.25) is 0 Å². The van der Waals surface area contributed by atoms with Gasteiger partial charge in [0, 0.05) is 24.1 Å². The first kappa shape index (κ1) is 20.1. The molecule has 0 radical (unpaired) electrons. The molecule has 1 aliphatic rings. The van der Waals surface area contributed by atoms with Gasteiger partial charge in [0.25, 0.3) is 5.91 Å². The highest BCUT2D eigenvalue weighted by Crippen LogP contribution is 2.34. The average molecular weight is 377 g/mol. The zero-order chi connectivity index (χ0) is 17.9. The van der Waals surface area contributed by atoms with E-state index < -0.39 is 0 Å². The first-order chi connectivity index (χ1) is 12.0. The number of carbonyl (C=O) groups excluding carboxylic acids is 1. The molecule has 3 rings (SSSR count). The fourth-order valence-corrected chi connectivity index (χ4v) is 2.76. The Bertz CT molecular complexity index is 760. The fourth-order valence-electron chi connectivity index (χ4n) is 2.76. The van der Waals surface area contributed by atoms with Crippen molar-refractivity contribution in [2.24, 2.45) is 5.73 Å². The molecular formula is C20H25ClN2O3. The van der Waals surface area contributed by atoms with Crippen molar-refractivity contribution in [2.75, 3.05) is 19.8 Å². The molecule has 140 valence electrons. The van der Waals surface area contributed by atoms with Gasteiger partial charge in [-0.1, -0.05) is 32.0 Å². The van der Waals surface area contributed by atoms with Gasteiger partial charge in [0.15, 0.2) is 11.5 Å². The molecule has 2 aromatic carbocycles. The van der Waals surface area contributed by atoms with Crippen LogP contribution >= 0.6 is 12.4 Å². The molecule has 0 saturated carbocycles. The van der Waals surface area contributed by atoms with Gasteiger partial charge in [0.05, 0.1) is 0 Å². The molecule has 0 spiro atoms. The SMILES string of the molecule is CC(C)(CNC(=O)c1ccc(CN)cc1)c1ccc2c(c1)OCCO2.Cl. The van der Waals surface area contributed by atoms with Crippen LogP contribution in [0.1, 0.15) is 35.3 Å². The van der Waals surface area contributed by atoms with Crippen LogP contribution in [0.25, 0.3) is 0 Å². The lowest BCUT2D eigenvalue weighted by Crippen LogP contribution is -2.36. The monoisotopic (exact) mass is 376 g/mol. The number of benzene rings is 2. The molecule has 0 atom stereocenters. The predicted octanol–water partition coefficient (Wildman–Crippen LogP) is 3.05. The van der Waals surface area contributed by atoms with Crippen molar-refractivity contribution in [2.45, 2.75) is 25.8 Å². The maximum atomic E-state index is 12.4. The molecule has 0 fully saturated rings. The van der Waals surface area contributed by atoms with Gasteiger partial charge in [-0.2, -0.15) is 0 Å². The lowest BCUT2D eigenvalue weighted by Gasteiger charge is -2.28. The highest BCUT2D eigenvalue weighted by atomic mass is 35.5. The van der Waals surface area contributed by atoms with E-state index in [0.29, 0.717) is 31.9 Å². The molecule has 1 amide bonds. The van der Waals surface area contributed by atoms with Crippen LogP contribution in [0.5, 0.6) is 11.5 Å². The quantitative estimate of drug-likeness (QED) is 0.841. The van der Waals surface area contributed by atoms with E-state index in [0.717, 1.165) is 22.6 Å². The summed E-state index contributed by atoms with van der Waals surface area (Å²) in [5, 5.41) is 3.01. The second-order valence-corrected chi connectivity index (χ2v) is 6.83. The Morgan fingerprint density at radius 1 is 1.08 bits per heavy atom. The summed E-state index contributed by atoms with van der Waals surface area (Å²) in [6, 6.07) is 13.3. The Morgan fingerprint density at radius 3 is 2.38 bits per heavy atom. The smallest absolute Gasteiger partial charge is 0.251 e. The fraction of sp³-hybridized carbons (Fsp3) is 0.350. The summed E-state index contributed by atoms with van der Waals surface area (Å²) in [6.07, 6.45) is 0. The minimum Gasteiger partial charge on any atom is -0.486 e. The third-order valence-electron chi connectivity index (χ3n) is 4.47. The Kier molecular flexibility index (Phi) is 6.51. The molecular weight excluding hydrogens is 352 g/mol. The average Bonchev–Trinajstić information content (AvgIpc) is 2.66. The van der Waals surface area contributed by atoms with Crippen molar-refractivity contribution in [3.63, 3.8) is 0 Å². The largest absolute Gasteiger partial charge is 0.486 e. The minimum absolute atomic E-state index is 0. The highest BCUT2D eigenvalue weighted by Gasteiger charge is 2.24. The van der Waals surface area contributed by atoms with E-state index in [2.05, 4.69) is 19.2 Å². The highest BCUT2D eigenvalue weighted by molar-refractivity contribution is 5.94. The second-order valence-electron chi connectivity index (χ2n) is 6.83. The lowest BCUT2D eigenvalue weighted by atomic mass is 9.84. The topological polar surface area (TPSA) is 73.6 Å². The van der Waals surface area contributed by atoms with Crippen LogP contribution in [0, 0.1) is 0 Å². The molecule has 5 nitrogen and oxygen atoms in total. The van der Waals surface area contributed by atoms with Gasteiger partial charge in [-0.3, -0.25) is 4.79 Å². The molecule has 1 heterocycles. The number of amides is 1. The van der Waals surface area contributed by atoms with Crippen LogP contribution in [0.4, 0.5) is 0 Å². The van der Waals surface area contributed by atoms with Crippen LogP contribution in [0.2, 0.25) is 0 Å². The predicted molar refractivity (Wildman–Crippen MR) is 104 cm³/mol. The summed E-state index contributed by atoms with van der Waals surface area (Å²) in [5.41, 5.74) is 8.09. The molecule has 3 N–H and O–H groups in total. The number of halogens is 1. The van der Waals surface area contributed by atoms with Crippen molar-refractivity contribution >= 4 is 18.3 Å². The second kappa shape index (κ2) is 8.43. The van der Waals surface area contributed by atoms with Gasteiger partial charge in [-0.25, -0.2) is 0 Å². The standard InChI is InChI=1S/C20H24N2O3.ClH/c1-20(2,16-7-8-17-18(11-16)25-10-9-24-17)13-22-19(23)15-5-3-14(12-21)4-6-15;/h3-8,11H,9-10,12-13,21H2,1-2H3,(H,22,23);1H. The first-order valence-electron chi connectivity index (χ1n) is 8.47. The zero-order valence-corrected chi connectivity index (χ0v) is 15.9. The van der Waals surface area contributed by atoms with Gasteiger partial charge in [-0.15, -0.1) is 12.4 Å². The van der Waals surface area contributed by atoms with Crippen LogP contribution in [-0.4, -0.2) is 25.7 Å². The van der Waals surface area contributed by atoms with Gasteiger partial charge >= 0.3 is 0 Å². The van der Waals surface area contributed by atoms with E-state index in [1.54, 1.807) is 12.1 Å². The van der Waals surface area contributed by atoms with Crippen molar-refractivity contribution in [3.05, 3.63) is 59.2 Å². The third kappa shape index (κ3) is 4.48. The van der Waals surface area contributed by atoms with Crippen molar-refractivity contribution in [3.8, 4) is 11.5 Å². The molecule has 0 aromatic heterocycles. The van der Waals surface area contributed by atoms with Crippen LogP contribution in [0.3, 0.4) is 0 Å². The number of nitrogens with two attached hydrogens (primary N) is 1. The van der Waals surface area contributed by atoms with Crippen LogP contribution in [0.15, 0.2) is 42.5 Å². The molecule has 26 heavy (non-hydrogen) atoms. The normalized spacial score (nSPS) is 12.9. The minimum atomic E-state index is -0.233. The number of nitrogens with one attached hydrogen (secondary N) is 1. The molecule has 2 aromatic rings. The van der Waals surface area contributed by atoms with Crippen molar-refractivity contribution < 1.29 is 14.3 Å². The summed E-state index contributed by atoms with van der Waals surface area (Å²) in [5.74, 6) is 1.45. The Hall–Kier alpha value is -2.24. The number of hydrogen-bond donors (Lipinski definition) is 2. The Morgan fingerprint density at radius 2 is 1.73 bits per heavy atom. The lowest BCUT2D eigenvalue weighted by molar-refractivity contribution is 0.0945. The maximum absolute atomic E-state index is 12.4. The molecule has 0 saturated heterocycles. The van der Waals surface area contributed by atoms with Crippen molar-refractivity contribution in [1.82, 2.24) is 5.32 Å². The summed E-state index contributed by atoms with van der Waals surface area (Å²) in [7, 11) is 0. The van der Waals surface area contributed by atoms with E-state index in [4.69, 9.17) is 15.2 Å². The zero-order valence-electron chi connectivity index (χ0n) is 15.1. The maximum Gasteiger partial charge on any atom is 0.251 e. The first-order valence-corrected chi connectivity index (χ1v) is 8.47. The van der Waals surface area contributed by atoms with Gasteiger partial charge in [-0.05, 0) is 35.4 Å². The van der Waals surface area contributed by atoms with Gasteiger partial charge in [0.1, 0.15) is 13.2 Å². The number of ether oxygens (including phenoxy) is 2. The van der Waals surface area contributed by atoms with E-state index in [1.165, 1.54) is 0 Å². The third-order valence-corrected chi connectivity index (χ3v) is 4.47. The summed E-state index contributed by atoms with van der Waals surface area (Å²) >= 11 is 0. The van der Waals surface area contributed by atoms with Gasteiger partial charge < -0.3 is 20.5 Å². The van der Waals surface area contributed by atoms with E-state index in [1.807, 2.05) is 30.3 Å². The molecule has 6 heteroatoms. The van der Waals surface area contributed by atoms with E-state index >= 15 is 0 Å². The number of carbonyl (C=O) groups is 1. The summed E-state index contributed by atoms with van der Waals surface area (Å²) in [4.78, 5) is 12.4. The number of rotatable bonds is 5. The van der Waals surface area contributed by atoms with E-state index in [9.17, 15) is 4.79 Å². The van der Waals surface area contributed by atoms with Crippen molar-refractivity contribution in [1.29, 1.82) is 0 Å². The van der Waals surface area contributed by atoms with E-state index in [-0.39, 0.29) is 23.7 Å². The van der Waals surface area contributed by atoms with Crippen LogP contribution < -0.4 is 20.5 Å². The summed E-state index contributed by atoms with van der Waals surface area (Å²) in [6.45, 7) is 6.32. The molecule has 0 aliphatic carbocycles. The number of hydrogen-bond acceptors (Lipinski definition) is 4.